The molecule has 2 N–H and O–H groups in total. The fourth-order valence-corrected chi connectivity index (χ4v) is 9.94. The maximum atomic E-state index is 3.79. The van der Waals surface area contributed by atoms with Crippen LogP contribution in [-0.4, -0.2) is 131 Å². The molecule has 4 fully saturated rings. The maximum Gasteiger partial charge on any atom is 0.0759 e. The minimum atomic E-state index is 0.583. The monoisotopic (exact) mass is 620 g/mol. The van der Waals surface area contributed by atoms with Crippen molar-refractivity contribution in [3.63, 3.8) is 0 Å². The van der Waals surface area contributed by atoms with Crippen molar-refractivity contribution < 1.29 is 0 Å². The Morgan fingerprint density at radius 1 is 0.565 bits per heavy atom. The molecule has 10 rings (SSSR count). The third-order valence-electron chi connectivity index (χ3n) is 12.4. The highest BCUT2D eigenvalue weighted by Crippen LogP contribution is 2.42. The van der Waals surface area contributed by atoms with Gasteiger partial charge in [0.15, 0.2) is 0 Å². The van der Waals surface area contributed by atoms with Gasteiger partial charge < -0.3 is 19.8 Å². The standard InChI is InChI=1S/2C19H26N4/c2*1-13-3-4-14-15-5-8-23-17(19(15)20-16(14)11-13)6-7-22-10-9-21(2)12-18(22)23/h2*3-4,11,17-18,20H,5-10,12H2,1-2H3/t2*17-,18-/m10/s1. The van der Waals surface area contributed by atoms with Crippen LogP contribution in [0.4, 0.5) is 0 Å². The second-order valence-corrected chi connectivity index (χ2v) is 15.3. The summed E-state index contributed by atoms with van der Waals surface area (Å²) in [7, 11) is 4.53. The third kappa shape index (κ3) is 4.87. The number of piperazine rings is 2. The Bertz CT molecular complexity index is 1630. The molecule has 4 atom stereocenters. The number of benzene rings is 2. The van der Waals surface area contributed by atoms with Crippen molar-refractivity contribution in [3.8, 4) is 0 Å². The summed E-state index contributed by atoms with van der Waals surface area (Å²) in [6.45, 7) is 16.5. The van der Waals surface area contributed by atoms with Crippen LogP contribution >= 0.6 is 0 Å². The summed E-state index contributed by atoms with van der Waals surface area (Å²) in [5.74, 6) is 0. The fraction of sp³-hybridized carbons (Fsp3) is 0.579. The number of fused-ring (bicyclic) bond motifs is 14. The summed E-state index contributed by atoms with van der Waals surface area (Å²) in [6.07, 6.45) is 6.10. The van der Waals surface area contributed by atoms with Crippen LogP contribution in [-0.2, 0) is 12.8 Å². The van der Waals surface area contributed by atoms with Gasteiger partial charge in [0.05, 0.1) is 24.4 Å². The van der Waals surface area contributed by atoms with Crippen LogP contribution in [0.25, 0.3) is 21.8 Å². The van der Waals surface area contributed by atoms with Gasteiger partial charge in [-0.25, -0.2) is 0 Å². The number of hydrogen-bond acceptors (Lipinski definition) is 6. The minimum absolute atomic E-state index is 0.583. The second kappa shape index (κ2) is 11.5. The van der Waals surface area contributed by atoms with E-state index in [-0.39, 0.29) is 0 Å². The largest absolute Gasteiger partial charge is 0.357 e. The average molecular weight is 621 g/mol. The predicted octanol–water partition coefficient (Wildman–Crippen LogP) is 4.71. The summed E-state index contributed by atoms with van der Waals surface area (Å²) in [5, 5.41) is 2.90. The van der Waals surface area contributed by atoms with Crippen LogP contribution in [0.3, 0.4) is 0 Å². The summed E-state index contributed by atoms with van der Waals surface area (Å²) in [5.41, 5.74) is 11.5. The van der Waals surface area contributed by atoms with Crippen LogP contribution < -0.4 is 0 Å². The van der Waals surface area contributed by atoms with Gasteiger partial charge in [-0.05, 0) is 88.0 Å². The molecule has 4 saturated heterocycles. The van der Waals surface area contributed by atoms with Crippen LogP contribution in [0.5, 0.6) is 0 Å². The van der Waals surface area contributed by atoms with Gasteiger partial charge >= 0.3 is 0 Å². The highest BCUT2D eigenvalue weighted by molar-refractivity contribution is 5.86. The molecule has 6 aliphatic heterocycles. The topological polar surface area (TPSA) is 51.0 Å². The normalized spacial score (nSPS) is 29.3. The highest BCUT2D eigenvalue weighted by atomic mass is 15.5. The molecule has 46 heavy (non-hydrogen) atoms. The molecule has 0 radical (unpaired) electrons. The highest BCUT2D eigenvalue weighted by Gasteiger charge is 2.43. The third-order valence-corrected chi connectivity index (χ3v) is 12.4. The van der Waals surface area contributed by atoms with Crippen LogP contribution in [0.15, 0.2) is 36.4 Å². The number of likely N-dealkylation sites (N-methyl/N-ethyl adjacent to an activating group) is 2. The Kier molecular flexibility index (Phi) is 7.33. The van der Waals surface area contributed by atoms with E-state index in [1.54, 1.807) is 11.1 Å². The smallest absolute Gasteiger partial charge is 0.0759 e. The Balaban J connectivity index is 0.000000127. The van der Waals surface area contributed by atoms with Crippen molar-refractivity contribution in [2.45, 2.75) is 63.9 Å². The Morgan fingerprint density at radius 3 is 1.48 bits per heavy atom. The summed E-state index contributed by atoms with van der Waals surface area (Å²) < 4.78 is 0. The van der Waals surface area contributed by atoms with E-state index in [1.165, 1.54) is 135 Å². The van der Waals surface area contributed by atoms with E-state index >= 15 is 0 Å². The first kappa shape index (κ1) is 29.4. The molecule has 8 heterocycles. The van der Waals surface area contributed by atoms with E-state index in [4.69, 9.17) is 0 Å². The lowest BCUT2D eigenvalue weighted by atomic mass is 9.92. The Labute approximate surface area is 274 Å². The van der Waals surface area contributed by atoms with Crippen molar-refractivity contribution in [1.29, 1.82) is 0 Å². The molecule has 8 heteroatoms. The molecule has 0 saturated carbocycles. The summed E-state index contributed by atoms with van der Waals surface area (Å²) in [4.78, 5) is 23.5. The quantitative estimate of drug-likeness (QED) is 0.297. The van der Waals surface area contributed by atoms with E-state index in [0.717, 1.165) is 0 Å². The zero-order valence-electron chi connectivity index (χ0n) is 28.4. The lowest BCUT2D eigenvalue weighted by Crippen LogP contribution is -2.64. The minimum Gasteiger partial charge on any atom is -0.357 e. The van der Waals surface area contributed by atoms with Crippen LogP contribution in [0, 0.1) is 13.8 Å². The van der Waals surface area contributed by atoms with Crippen molar-refractivity contribution in [2.75, 3.05) is 79.5 Å². The molecule has 4 aromatic rings. The number of hydrogen-bond donors (Lipinski definition) is 2. The number of aromatic nitrogens is 2. The molecular formula is C38H52N8. The van der Waals surface area contributed by atoms with Gasteiger partial charge in [0.25, 0.3) is 0 Å². The van der Waals surface area contributed by atoms with Gasteiger partial charge in [0.1, 0.15) is 0 Å². The Hall–Kier alpha value is -2.72. The van der Waals surface area contributed by atoms with E-state index in [0.29, 0.717) is 24.4 Å². The van der Waals surface area contributed by atoms with Gasteiger partial charge in [-0.15, -0.1) is 0 Å². The van der Waals surface area contributed by atoms with Gasteiger partial charge in [-0.2, -0.15) is 0 Å². The van der Waals surface area contributed by atoms with E-state index in [2.05, 4.69) is 104 Å². The average Bonchev–Trinajstić information content (AvgIpc) is 3.62. The molecule has 2 aromatic heterocycles. The number of aryl methyl sites for hydroxylation is 2. The molecule has 6 aliphatic rings. The summed E-state index contributed by atoms with van der Waals surface area (Å²) >= 11 is 0. The molecule has 0 amide bonds. The van der Waals surface area contributed by atoms with Gasteiger partial charge in [0.2, 0.25) is 0 Å². The first-order valence-corrected chi connectivity index (χ1v) is 18.0. The summed E-state index contributed by atoms with van der Waals surface area (Å²) in [6, 6.07) is 14.9. The zero-order valence-corrected chi connectivity index (χ0v) is 28.4. The van der Waals surface area contributed by atoms with Crippen molar-refractivity contribution >= 4 is 21.8 Å². The number of aromatic amines is 2. The van der Waals surface area contributed by atoms with E-state index < -0.39 is 0 Å². The molecule has 2 aromatic carbocycles. The second-order valence-electron chi connectivity index (χ2n) is 15.3. The van der Waals surface area contributed by atoms with Crippen molar-refractivity contribution in [1.82, 2.24) is 39.4 Å². The van der Waals surface area contributed by atoms with Gasteiger partial charge in [0, 0.05) is 98.6 Å². The van der Waals surface area contributed by atoms with E-state index in [9.17, 15) is 0 Å². The van der Waals surface area contributed by atoms with Crippen molar-refractivity contribution in [2.24, 2.45) is 0 Å². The molecular weight excluding hydrogens is 568 g/mol. The lowest BCUT2D eigenvalue weighted by molar-refractivity contribution is -0.0772. The van der Waals surface area contributed by atoms with Crippen molar-refractivity contribution in [3.05, 3.63) is 70.0 Å². The molecule has 0 aliphatic carbocycles. The Morgan fingerprint density at radius 2 is 1.02 bits per heavy atom. The molecule has 0 unspecified atom stereocenters. The number of rotatable bonds is 0. The molecule has 8 nitrogen and oxygen atoms in total. The van der Waals surface area contributed by atoms with Gasteiger partial charge in [-0.1, -0.05) is 24.3 Å². The molecule has 244 valence electrons. The lowest BCUT2D eigenvalue weighted by Gasteiger charge is -2.53. The van der Waals surface area contributed by atoms with Gasteiger partial charge in [-0.3, -0.25) is 19.6 Å². The number of H-pyrrole nitrogens is 2. The fourth-order valence-electron chi connectivity index (χ4n) is 9.94. The first-order chi connectivity index (χ1) is 22.4. The zero-order chi connectivity index (χ0) is 31.1. The number of nitrogens with zero attached hydrogens (tertiary/aromatic N) is 6. The maximum absolute atomic E-state index is 3.79. The van der Waals surface area contributed by atoms with E-state index in [1.807, 2.05) is 0 Å². The SMILES string of the molecule is Cc1ccc2c3c([nH]c2c1)[C@@H]1CCN2CCN(C)C[C@@H]2N1CC3.Cc1ccc2c3c([nH]c2c1)[C@H]1CCN2CCN(C)C[C@H]2N1CC3. The number of nitrogens with one attached hydrogen (secondary N) is 2. The van der Waals surface area contributed by atoms with Crippen LogP contribution in [0.1, 0.15) is 58.6 Å². The van der Waals surface area contributed by atoms with Crippen LogP contribution in [0.2, 0.25) is 0 Å². The first-order valence-electron chi connectivity index (χ1n) is 18.0. The molecule has 0 bridgehead atoms. The predicted molar refractivity (Wildman–Crippen MR) is 187 cm³/mol. The molecule has 0 spiro atoms.